The molecule has 2 nitrogen and oxygen atoms in total. The summed E-state index contributed by atoms with van der Waals surface area (Å²) in [4.78, 5) is 2.50. The Morgan fingerprint density at radius 3 is 2.33 bits per heavy atom. The second kappa shape index (κ2) is 4.77. The van der Waals surface area contributed by atoms with E-state index in [9.17, 15) is 0 Å². The first kappa shape index (κ1) is 10.7. The molecule has 0 radical (unpaired) electrons. The van der Waals surface area contributed by atoms with Gasteiger partial charge in [-0.1, -0.05) is 30.3 Å². The van der Waals surface area contributed by atoms with E-state index in [4.69, 9.17) is 5.73 Å². The fourth-order valence-electron chi connectivity index (χ4n) is 2.33. The zero-order valence-electron chi connectivity index (χ0n) is 9.39. The minimum atomic E-state index is 0.143. The van der Waals surface area contributed by atoms with Crippen molar-refractivity contribution in [2.45, 2.75) is 31.8 Å². The molecule has 1 aliphatic heterocycles. The SMILES string of the molecule is CC(C(N)c1ccccc1)N1CCCC1. The molecule has 15 heavy (non-hydrogen) atoms. The summed E-state index contributed by atoms with van der Waals surface area (Å²) in [7, 11) is 0. The number of nitrogens with zero attached hydrogens (tertiary/aromatic N) is 1. The van der Waals surface area contributed by atoms with Crippen LogP contribution in [-0.2, 0) is 0 Å². The summed E-state index contributed by atoms with van der Waals surface area (Å²) >= 11 is 0. The number of hydrogen-bond acceptors (Lipinski definition) is 2. The van der Waals surface area contributed by atoms with Gasteiger partial charge in [-0.25, -0.2) is 0 Å². The Morgan fingerprint density at radius 1 is 1.13 bits per heavy atom. The average molecular weight is 204 g/mol. The number of benzene rings is 1. The summed E-state index contributed by atoms with van der Waals surface area (Å²) < 4.78 is 0. The first-order valence-electron chi connectivity index (χ1n) is 5.83. The molecule has 1 saturated heterocycles. The van der Waals surface area contributed by atoms with E-state index in [2.05, 4.69) is 36.1 Å². The topological polar surface area (TPSA) is 29.3 Å². The van der Waals surface area contributed by atoms with Gasteiger partial charge in [-0.15, -0.1) is 0 Å². The van der Waals surface area contributed by atoms with Crippen LogP contribution < -0.4 is 5.73 Å². The van der Waals surface area contributed by atoms with Crippen molar-refractivity contribution in [2.75, 3.05) is 13.1 Å². The summed E-state index contributed by atoms with van der Waals surface area (Å²) in [6, 6.07) is 11.0. The van der Waals surface area contributed by atoms with E-state index in [1.54, 1.807) is 0 Å². The monoisotopic (exact) mass is 204 g/mol. The summed E-state index contributed by atoms with van der Waals surface area (Å²) in [5, 5.41) is 0. The molecule has 2 rings (SSSR count). The van der Waals surface area contributed by atoms with Crippen LogP contribution in [0, 0.1) is 0 Å². The van der Waals surface area contributed by atoms with E-state index >= 15 is 0 Å². The Hall–Kier alpha value is -0.860. The van der Waals surface area contributed by atoms with E-state index in [0.29, 0.717) is 6.04 Å². The van der Waals surface area contributed by atoms with Crippen molar-refractivity contribution in [1.29, 1.82) is 0 Å². The molecule has 2 atom stereocenters. The Bertz CT molecular complexity index is 291. The average Bonchev–Trinajstić information content (AvgIpc) is 2.82. The molecule has 1 fully saturated rings. The molecule has 0 aliphatic carbocycles. The maximum absolute atomic E-state index is 6.28. The summed E-state index contributed by atoms with van der Waals surface area (Å²) in [5.74, 6) is 0. The molecule has 0 bridgehead atoms. The summed E-state index contributed by atoms with van der Waals surface area (Å²) in [6.45, 7) is 4.66. The van der Waals surface area contributed by atoms with E-state index in [0.717, 1.165) is 0 Å². The fraction of sp³-hybridized carbons (Fsp3) is 0.538. The lowest BCUT2D eigenvalue weighted by Crippen LogP contribution is -2.38. The van der Waals surface area contributed by atoms with Crippen LogP contribution in [-0.4, -0.2) is 24.0 Å². The zero-order valence-corrected chi connectivity index (χ0v) is 9.39. The lowest BCUT2D eigenvalue weighted by Gasteiger charge is -2.29. The third-order valence-corrected chi connectivity index (χ3v) is 3.42. The van der Waals surface area contributed by atoms with E-state index in [-0.39, 0.29) is 6.04 Å². The molecule has 0 amide bonds. The maximum Gasteiger partial charge on any atom is 0.0450 e. The predicted molar refractivity (Wildman–Crippen MR) is 63.6 cm³/mol. The second-order valence-electron chi connectivity index (χ2n) is 4.42. The lowest BCUT2D eigenvalue weighted by atomic mass is 10.0. The van der Waals surface area contributed by atoms with E-state index in [1.165, 1.54) is 31.5 Å². The normalized spacial score (nSPS) is 21.5. The van der Waals surface area contributed by atoms with E-state index in [1.807, 2.05) is 6.07 Å². The highest BCUT2D eigenvalue weighted by Crippen LogP contribution is 2.21. The highest BCUT2D eigenvalue weighted by Gasteiger charge is 2.23. The number of likely N-dealkylation sites (tertiary alicyclic amines) is 1. The van der Waals surface area contributed by atoms with Crippen LogP contribution in [0.5, 0.6) is 0 Å². The molecule has 2 heteroatoms. The molecular weight excluding hydrogens is 184 g/mol. The van der Waals surface area contributed by atoms with E-state index < -0.39 is 0 Å². The van der Waals surface area contributed by atoms with Crippen LogP contribution in [0.2, 0.25) is 0 Å². The number of nitrogens with two attached hydrogens (primary N) is 1. The van der Waals surface area contributed by atoms with Gasteiger partial charge in [-0.3, -0.25) is 4.90 Å². The van der Waals surface area contributed by atoms with Gasteiger partial charge in [0.1, 0.15) is 0 Å². The van der Waals surface area contributed by atoms with Crippen molar-refractivity contribution >= 4 is 0 Å². The molecule has 0 aromatic heterocycles. The van der Waals surface area contributed by atoms with Crippen LogP contribution in [0.1, 0.15) is 31.4 Å². The van der Waals surface area contributed by atoms with Gasteiger partial charge >= 0.3 is 0 Å². The third-order valence-electron chi connectivity index (χ3n) is 3.42. The first-order chi connectivity index (χ1) is 7.29. The highest BCUT2D eigenvalue weighted by atomic mass is 15.2. The Kier molecular flexibility index (Phi) is 3.39. The minimum absolute atomic E-state index is 0.143. The largest absolute Gasteiger partial charge is 0.323 e. The van der Waals surface area contributed by atoms with Crippen molar-refractivity contribution in [3.63, 3.8) is 0 Å². The smallest absolute Gasteiger partial charge is 0.0450 e. The van der Waals surface area contributed by atoms with Gasteiger partial charge < -0.3 is 5.73 Å². The van der Waals surface area contributed by atoms with Gasteiger partial charge in [-0.05, 0) is 38.4 Å². The van der Waals surface area contributed by atoms with Gasteiger partial charge in [0.25, 0.3) is 0 Å². The van der Waals surface area contributed by atoms with Crippen molar-refractivity contribution in [2.24, 2.45) is 5.73 Å². The van der Waals surface area contributed by atoms with Crippen molar-refractivity contribution in [3.8, 4) is 0 Å². The van der Waals surface area contributed by atoms with Crippen LogP contribution in [0.25, 0.3) is 0 Å². The molecule has 0 spiro atoms. The maximum atomic E-state index is 6.28. The Morgan fingerprint density at radius 2 is 1.73 bits per heavy atom. The molecule has 82 valence electrons. The standard InChI is InChI=1S/C13H20N2/c1-11(15-9-5-6-10-15)13(14)12-7-3-2-4-8-12/h2-4,7-8,11,13H,5-6,9-10,14H2,1H3. The van der Waals surface area contributed by atoms with Crippen LogP contribution in [0.3, 0.4) is 0 Å². The molecule has 1 aromatic carbocycles. The van der Waals surface area contributed by atoms with Gasteiger partial charge in [-0.2, -0.15) is 0 Å². The van der Waals surface area contributed by atoms with Gasteiger partial charge in [0, 0.05) is 12.1 Å². The third kappa shape index (κ3) is 2.39. The Balaban J connectivity index is 2.03. The molecule has 2 unspecified atom stereocenters. The van der Waals surface area contributed by atoms with Crippen LogP contribution >= 0.6 is 0 Å². The Labute approximate surface area is 92.1 Å². The number of rotatable bonds is 3. The van der Waals surface area contributed by atoms with Crippen molar-refractivity contribution in [3.05, 3.63) is 35.9 Å². The molecule has 1 heterocycles. The summed E-state index contributed by atoms with van der Waals surface area (Å²) in [5.41, 5.74) is 7.52. The quantitative estimate of drug-likeness (QED) is 0.817. The fourth-order valence-corrected chi connectivity index (χ4v) is 2.33. The first-order valence-corrected chi connectivity index (χ1v) is 5.83. The molecule has 2 N–H and O–H groups in total. The lowest BCUT2D eigenvalue weighted by molar-refractivity contribution is 0.227. The molecular formula is C13H20N2. The molecule has 1 aromatic rings. The number of hydrogen-bond donors (Lipinski definition) is 1. The van der Waals surface area contributed by atoms with Crippen molar-refractivity contribution in [1.82, 2.24) is 4.90 Å². The van der Waals surface area contributed by atoms with Gasteiger partial charge in [0.05, 0.1) is 0 Å². The zero-order chi connectivity index (χ0) is 10.7. The van der Waals surface area contributed by atoms with Crippen LogP contribution in [0.4, 0.5) is 0 Å². The highest BCUT2D eigenvalue weighted by molar-refractivity contribution is 5.19. The van der Waals surface area contributed by atoms with Crippen molar-refractivity contribution < 1.29 is 0 Å². The molecule has 0 saturated carbocycles. The second-order valence-corrected chi connectivity index (χ2v) is 4.42. The summed E-state index contributed by atoms with van der Waals surface area (Å²) in [6.07, 6.45) is 2.65. The van der Waals surface area contributed by atoms with Gasteiger partial charge in [0.2, 0.25) is 0 Å². The predicted octanol–water partition coefficient (Wildman–Crippen LogP) is 2.17. The van der Waals surface area contributed by atoms with Gasteiger partial charge in [0.15, 0.2) is 0 Å². The molecule has 1 aliphatic rings. The van der Waals surface area contributed by atoms with Crippen LogP contribution in [0.15, 0.2) is 30.3 Å². The minimum Gasteiger partial charge on any atom is -0.323 e.